The third kappa shape index (κ3) is 7.93. The van der Waals surface area contributed by atoms with E-state index in [1.807, 2.05) is 50.5 Å². The van der Waals surface area contributed by atoms with Crippen molar-refractivity contribution in [2.75, 3.05) is 0 Å². The maximum Gasteiger partial charge on any atom is 0.309 e. The third-order valence-electron chi connectivity index (χ3n) is 6.75. The number of nitrogens with zero attached hydrogens (tertiary/aromatic N) is 1. The van der Waals surface area contributed by atoms with Gasteiger partial charge in [-0.3, -0.25) is 9.59 Å². The van der Waals surface area contributed by atoms with Gasteiger partial charge in [-0.15, -0.1) is 11.3 Å². The van der Waals surface area contributed by atoms with Crippen LogP contribution in [0.4, 0.5) is 0 Å². The average molecular weight is 505 g/mol. The lowest BCUT2D eigenvalue weighted by atomic mass is 9.73. The molecule has 0 aliphatic carbocycles. The van der Waals surface area contributed by atoms with E-state index in [9.17, 15) is 19.8 Å². The second kappa shape index (κ2) is 12.7. The molecule has 1 aliphatic heterocycles. The Kier molecular flexibility index (Phi) is 10.6. The molecule has 0 unspecified atom stereocenters. The number of ether oxygens (including phenoxy) is 1. The zero-order valence-electron chi connectivity index (χ0n) is 21.7. The smallest absolute Gasteiger partial charge is 0.309 e. The molecule has 0 radical (unpaired) electrons. The highest BCUT2D eigenvalue weighted by molar-refractivity contribution is 7.09. The van der Waals surface area contributed by atoms with Crippen LogP contribution in [0.5, 0.6) is 0 Å². The lowest BCUT2D eigenvalue weighted by Crippen LogP contribution is -2.45. The molecule has 8 heteroatoms. The Labute approximate surface area is 212 Å². The number of rotatable bonds is 3. The number of carbonyl (C=O) groups is 2. The molecular formula is C27H40N2O5S. The molecule has 5 atom stereocenters. The summed E-state index contributed by atoms with van der Waals surface area (Å²) in [5, 5.41) is 24.3. The quantitative estimate of drug-likeness (QED) is 0.417. The van der Waals surface area contributed by atoms with Crippen LogP contribution in [0.1, 0.15) is 71.5 Å². The van der Waals surface area contributed by atoms with Crippen molar-refractivity contribution in [2.45, 2.75) is 85.7 Å². The molecule has 194 valence electrons. The van der Waals surface area contributed by atoms with Gasteiger partial charge in [0.05, 0.1) is 29.7 Å². The first-order valence-electron chi connectivity index (χ1n) is 12.1. The van der Waals surface area contributed by atoms with Gasteiger partial charge in [-0.1, -0.05) is 51.5 Å². The van der Waals surface area contributed by atoms with Crippen molar-refractivity contribution >= 4 is 29.2 Å². The lowest BCUT2D eigenvalue weighted by molar-refractivity contribution is -0.154. The largest absolute Gasteiger partial charge is 0.457 e. The minimum absolute atomic E-state index is 0.234. The number of ketones is 1. The number of esters is 1. The van der Waals surface area contributed by atoms with E-state index in [2.05, 4.69) is 4.98 Å². The molecule has 1 aromatic rings. The van der Waals surface area contributed by atoms with Crippen molar-refractivity contribution in [3.63, 3.8) is 0 Å². The van der Waals surface area contributed by atoms with E-state index in [0.717, 1.165) is 21.8 Å². The summed E-state index contributed by atoms with van der Waals surface area (Å²) < 4.78 is 5.79. The summed E-state index contributed by atoms with van der Waals surface area (Å²) in [5.74, 6) is -1.81. The summed E-state index contributed by atoms with van der Waals surface area (Å²) in [6, 6.07) is 0. The van der Waals surface area contributed by atoms with E-state index in [0.29, 0.717) is 19.4 Å². The van der Waals surface area contributed by atoms with E-state index in [1.165, 1.54) is 11.3 Å². The molecule has 0 amide bonds. The topological polar surface area (TPSA) is 123 Å². The van der Waals surface area contributed by atoms with Crippen LogP contribution < -0.4 is 5.73 Å². The second-order valence-corrected chi connectivity index (χ2v) is 11.0. The minimum Gasteiger partial charge on any atom is -0.457 e. The maximum atomic E-state index is 13.2. The van der Waals surface area contributed by atoms with Crippen molar-refractivity contribution in [1.29, 1.82) is 0 Å². The van der Waals surface area contributed by atoms with Crippen molar-refractivity contribution < 1.29 is 24.5 Å². The highest BCUT2D eigenvalue weighted by Gasteiger charge is 2.42. The monoisotopic (exact) mass is 504 g/mol. The standard InChI is InChI=1S/C27H40N2O5S/c1-16-8-7-9-17(2)25(32)19(4)26(33)27(5,6)22(30)13-24(31)34-21(11-10-16)18(3)12-20-15-35-23(14-28)29-20/h7,9-10,12,15,17,19,21-22,25,30,32H,8,11,13-14,28H2,1-6H3/t17-,19+,21-,22-,25-/m0/s1. The van der Waals surface area contributed by atoms with E-state index in [-0.39, 0.29) is 18.1 Å². The molecule has 1 aliphatic rings. The Bertz CT molecular complexity index is 978. The number of allylic oxidation sites excluding steroid dienone is 2. The van der Waals surface area contributed by atoms with Crippen molar-refractivity contribution in [1.82, 2.24) is 4.98 Å². The fourth-order valence-electron chi connectivity index (χ4n) is 4.09. The molecular weight excluding hydrogens is 464 g/mol. The van der Waals surface area contributed by atoms with E-state index in [4.69, 9.17) is 10.5 Å². The van der Waals surface area contributed by atoms with Crippen molar-refractivity contribution in [3.8, 4) is 0 Å². The summed E-state index contributed by atoms with van der Waals surface area (Å²) in [5.41, 5.74) is 7.11. The second-order valence-electron chi connectivity index (χ2n) is 10.1. The number of carbonyl (C=O) groups excluding carboxylic acids is 2. The number of thiazole rings is 1. The van der Waals surface area contributed by atoms with Crippen molar-refractivity contribution in [3.05, 3.63) is 45.5 Å². The van der Waals surface area contributed by atoms with Crippen LogP contribution in [0.15, 0.2) is 34.8 Å². The lowest BCUT2D eigenvalue weighted by Gasteiger charge is -2.34. The number of hydrogen-bond donors (Lipinski definition) is 3. The molecule has 2 rings (SSSR count). The number of nitrogens with two attached hydrogens (primary N) is 1. The van der Waals surface area contributed by atoms with Crippen LogP contribution in [-0.4, -0.2) is 45.3 Å². The summed E-state index contributed by atoms with van der Waals surface area (Å²) in [7, 11) is 0. The first-order valence-corrected chi connectivity index (χ1v) is 13.0. The third-order valence-corrected chi connectivity index (χ3v) is 7.64. The van der Waals surface area contributed by atoms with Gasteiger partial charge in [0, 0.05) is 30.2 Å². The molecule has 2 heterocycles. The number of cyclic esters (lactones) is 1. The van der Waals surface area contributed by atoms with E-state index >= 15 is 0 Å². The van der Waals surface area contributed by atoms with E-state index in [1.54, 1.807) is 20.8 Å². The Morgan fingerprint density at radius 2 is 2.00 bits per heavy atom. The molecule has 0 saturated heterocycles. The maximum absolute atomic E-state index is 13.2. The van der Waals surface area contributed by atoms with Gasteiger partial charge >= 0.3 is 5.97 Å². The molecule has 1 aromatic heterocycles. The van der Waals surface area contributed by atoms with Gasteiger partial charge < -0.3 is 20.7 Å². The average Bonchev–Trinajstić information content (AvgIpc) is 3.26. The normalized spacial score (nSPS) is 29.6. The highest BCUT2D eigenvalue weighted by atomic mass is 32.1. The highest BCUT2D eigenvalue weighted by Crippen LogP contribution is 2.31. The molecule has 0 saturated carbocycles. The van der Waals surface area contributed by atoms with Crippen LogP contribution in [0.2, 0.25) is 0 Å². The molecule has 4 N–H and O–H groups in total. The minimum atomic E-state index is -1.25. The Hall–Kier alpha value is -2.13. The number of aliphatic hydroxyl groups is 2. The van der Waals surface area contributed by atoms with Crippen LogP contribution in [0.3, 0.4) is 0 Å². The van der Waals surface area contributed by atoms with Gasteiger partial charge in [0.15, 0.2) is 0 Å². The summed E-state index contributed by atoms with van der Waals surface area (Å²) in [6.07, 6.45) is 5.96. The molecule has 35 heavy (non-hydrogen) atoms. The molecule has 0 aromatic carbocycles. The number of hydrogen-bond acceptors (Lipinski definition) is 8. The predicted octanol–water partition coefficient (Wildman–Crippen LogP) is 4.19. The molecule has 0 spiro atoms. The van der Waals surface area contributed by atoms with E-state index < -0.39 is 35.6 Å². The van der Waals surface area contributed by atoms with Gasteiger partial charge in [0.25, 0.3) is 0 Å². The molecule has 0 bridgehead atoms. The Morgan fingerprint density at radius 1 is 1.31 bits per heavy atom. The molecule has 0 fully saturated rings. The SMILES string of the molecule is CC1=CC[C@@H](C(C)=Cc2csc(CN)n2)OC(=O)C[C@H](O)C(C)(C)C(=O)[C@H](C)[C@@H](O)[C@@H](C)C=CC1. The zero-order chi connectivity index (χ0) is 26.3. The fourth-order valence-corrected chi connectivity index (χ4v) is 4.73. The Balaban J connectivity index is 2.37. The van der Waals surface area contributed by atoms with Crippen molar-refractivity contribution in [2.24, 2.45) is 23.0 Å². The Morgan fingerprint density at radius 3 is 2.63 bits per heavy atom. The zero-order valence-corrected chi connectivity index (χ0v) is 22.5. The first-order chi connectivity index (χ1) is 16.4. The first kappa shape index (κ1) is 29.1. The summed E-state index contributed by atoms with van der Waals surface area (Å²) >= 11 is 1.48. The number of aliphatic hydroxyl groups excluding tert-OH is 2. The van der Waals surface area contributed by atoms with Gasteiger partial charge in [0.2, 0.25) is 0 Å². The number of Topliss-reactive ketones (excluding diaryl/α,β-unsaturated/α-hetero) is 1. The molecule has 7 nitrogen and oxygen atoms in total. The van der Waals surface area contributed by atoms with Crippen LogP contribution in [-0.2, 0) is 20.9 Å². The van der Waals surface area contributed by atoms with Gasteiger partial charge in [-0.2, -0.15) is 0 Å². The summed E-state index contributed by atoms with van der Waals surface area (Å²) in [6.45, 7) is 11.0. The van der Waals surface area contributed by atoms with Gasteiger partial charge in [0.1, 0.15) is 16.9 Å². The van der Waals surface area contributed by atoms with Crippen LogP contribution in [0, 0.1) is 17.3 Å². The number of aromatic nitrogens is 1. The summed E-state index contributed by atoms with van der Waals surface area (Å²) in [4.78, 5) is 30.5. The fraction of sp³-hybridized carbons (Fsp3) is 0.593. The van der Waals surface area contributed by atoms with Gasteiger partial charge in [-0.25, -0.2) is 4.98 Å². The predicted molar refractivity (Wildman–Crippen MR) is 139 cm³/mol. The van der Waals surface area contributed by atoms with Gasteiger partial charge in [-0.05, 0) is 31.9 Å². The van der Waals surface area contributed by atoms with Crippen LogP contribution in [0.25, 0.3) is 6.08 Å². The van der Waals surface area contributed by atoms with Crippen LogP contribution >= 0.6 is 11.3 Å².